The molecule has 0 aliphatic carbocycles. The second kappa shape index (κ2) is 13.6. The van der Waals surface area contributed by atoms with Crippen LogP contribution in [0.5, 0.6) is 0 Å². The lowest BCUT2D eigenvalue weighted by molar-refractivity contribution is -0.142. The number of aliphatic hydroxyl groups excluding tert-OH is 1. The van der Waals surface area contributed by atoms with Crippen LogP contribution in [0.15, 0.2) is 12.2 Å². The van der Waals surface area contributed by atoms with Crippen molar-refractivity contribution in [2.75, 3.05) is 13.2 Å². The number of carbonyl (C=O) groups is 2. The molecule has 0 saturated heterocycles. The van der Waals surface area contributed by atoms with Crippen LogP contribution < -0.4 is 5.32 Å². The highest BCUT2D eigenvalue weighted by atomic mass is 16.4. The monoisotopic (exact) mass is 299 g/mol. The second-order valence-electron chi connectivity index (χ2n) is 5.21. The number of aliphatic carboxylic acids is 1. The normalized spacial score (nSPS) is 12.5. The lowest BCUT2D eigenvalue weighted by atomic mass is 10.0. The van der Waals surface area contributed by atoms with Gasteiger partial charge in [0.1, 0.15) is 0 Å². The minimum absolute atomic E-state index is 0.0810. The highest BCUT2D eigenvalue weighted by Gasteiger charge is 2.17. The van der Waals surface area contributed by atoms with E-state index in [4.69, 9.17) is 10.2 Å². The predicted molar refractivity (Wildman–Crippen MR) is 83.0 cm³/mol. The number of amides is 1. The summed E-state index contributed by atoms with van der Waals surface area (Å²) in [6.07, 6.45) is 11.5. The lowest BCUT2D eigenvalue weighted by Gasteiger charge is -2.08. The summed E-state index contributed by atoms with van der Waals surface area (Å²) in [5.74, 6) is -2.13. The predicted octanol–water partition coefficient (Wildman–Crippen LogP) is 2.49. The van der Waals surface area contributed by atoms with Crippen molar-refractivity contribution in [2.24, 2.45) is 5.92 Å². The third-order valence-corrected chi connectivity index (χ3v) is 3.25. The standard InChI is InChI=1S/C16H29NO4/c1-2-3-4-5-6-7-8-9-10-14(16(20)21)13-15(19)17-11-12-18/h9-10,14,18H,2-8,11-13H2,1H3,(H,17,19)(H,20,21). The van der Waals surface area contributed by atoms with E-state index in [1.165, 1.54) is 32.1 Å². The van der Waals surface area contributed by atoms with Gasteiger partial charge >= 0.3 is 5.97 Å². The maximum atomic E-state index is 11.4. The summed E-state index contributed by atoms with van der Waals surface area (Å²) in [5, 5.41) is 20.1. The summed E-state index contributed by atoms with van der Waals surface area (Å²) >= 11 is 0. The van der Waals surface area contributed by atoms with Crippen LogP contribution in [0.2, 0.25) is 0 Å². The summed E-state index contributed by atoms with van der Waals surface area (Å²) in [7, 11) is 0. The fourth-order valence-corrected chi connectivity index (χ4v) is 2.01. The van der Waals surface area contributed by atoms with Crippen molar-refractivity contribution in [2.45, 2.75) is 58.3 Å². The van der Waals surface area contributed by atoms with Crippen molar-refractivity contribution in [3.05, 3.63) is 12.2 Å². The molecule has 0 spiro atoms. The topological polar surface area (TPSA) is 86.6 Å². The van der Waals surface area contributed by atoms with Gasteiger partial charge < -0.3 is 15.5 Å². The maximum absolute atomic E-state index is 11.4. The first-order valence-electron chi connectivity index (χ1n) is 7.88. The Labute approximate surface area is 127 Å². The van der Waals surface area contributed by atoms with Crippen LogP contribution in [0.25, 0.3) is 0 Å². The van der Waals surface area contributed by atoms with Crippen molar-refractivity contribution in [3.63, 3.8) is 0 Å². The Morgan fingerprint density at radius 1 is 1.14 bits per heavy atom. The molecule has 5 heteroatoms. The van der Waals surface area contributed by atoms with Crippen LogP contribution in [-0.4, -0.2) is 35.2 Å². The van der Waals surface area contributed by atoms with E-state index in [1.54, 1.807) is 6.08 Å². The quantitative estimate of drug-likeness (QED) is 0.360. The Morgan fingerprint density at radius 2 is 1.81 bits per heavy atom. The van der Waals surface area contributed by atoms with E-state index < -0.39 is 11.9 Å². The van der Waals surface area contributed by atoms with Gasteiger partial charge in [-0.2, -0.15) is 0 Å². The minimum Gasteiger partial charge on any atom is -0.481 e. The molecule has 0 aromatic heterocycles. The van der Waals surface area contributed by atoms with Crippen LogP contribution in [0.3, 0.4) is 0 Å². The third kappa shape index (κ3) is 12.1. The van der Waals surface area contributed by atoms with Crippen molar-refractivity contribution in [1.82, 2.24) is 5.32 Å². The average molecular weight is 299 g/mol. The van der Waals surface area contributed by atoms with Gasteiger partial charge in [0.15, 0.2) is 0 Å². The zero-order chi connectivity index (χ0) is 15.9. The molecule has 0 fully saturated rings. The summed E-state index contributed by atoms with van der Waals surface area (Å²) < 4.78 is 0. The molecule has 1 amide bonds. The van der Waals surface area contributed by atoms with Crippen LogP contribution in [0.4, 0.5) is 0 Å². The van der Waals surface area contributed by atoms with Crippen LogP contribution in [0, 0.1) is 5.92 Å². The first-order valence-corrected chi connectivity index (χ1v) is 7.88. The molecule has 0 rings (SSSR count). The molecule has 0 aliphatic heterocycles. The van der Waals surface area contributed by atoms with E-state index in [2.05, 4.69) is 12.2 Å². The van der Waals surface area contributed by atoms with Crippen molar-refractivity contribution < 1.29 is 19.8 Å². The molecule has 3 N–H and O–H groups in total. The van der Waals surface area contributed by atoms with Gasteiger partial charge in [0.25, 0.3) is 0 Å². The zero-order valence-corrected chi connectivity index (χ0v) is 13.0. The van der Waals surface area contributed by atoms with Crippen molar-refractivity contribution >= 4 is 11.9 Å². The molecular formula is C16H29NO4. The molecule has 0 bridgehead atoms. The molecule has 0 radical (unpaired) electrons. The number of nitrogens with one attached hydrogen (secondary N) is 1. The second-order valence-corrected chi connectivity index (χ2v) is 5.21. The number of carboxylic acid groups (broad SMARTS) is 1. The number of hydrogen-bond donors (Lipinski definition) is 3. The van der Waals surface area contributed by atoms with Gasteiger partial charge in [-0.3, -0.25) is 9.59 Å². The minimum atomic E-state index is -0.992. The van der Waals surface area contributed by atoms with E-state index in [1.807, 2.05) is 6.08 Å². The Hall–Kier alpha value is -1.36. The Morgan fingerprint density at radius 3 is 2.43 bits per heavy atom. The number of carboxylic acids is 1. The molecule has 5 nitrogen and oxygen atoms in total. The molecule has 122 valence electrons. The van der Waals surface area contributed by atoms with Crippen LogP contribution in [0.1, 0.15) is 58.3 Å². The third-order valence-electron chi connectivity index (χ3n) is 3.25. The molecular weight excluding hydrogens is 270 g/mol. The number of unbranched alkanes of at least 4 members (excludes halogenated alkanes) is 6. The Bertz CT molecular complexity index is 315. The first kappa shape index (κ1) is 19.6. The molecule has 0 heterocycles. The fraction of sp³-hybridized carbons (Fsp3) is 0.750. The van der Waals surface area contributed by atoms with E-state index in [9.17, 15) is 9.59 Å². The van der Waals surface area contributed by atoms with Gasteiger partial charge in [0, 0.05) is 13.0 Å². The molecule has 0 saturated carbocycles. The lowest BCUT2D eigenvalue weighted by Crippen LogP contribution is -2.29. The largest absolute Gasteiger partial charge is 0.481 e. The van der Waals surface area contributed by atoms with Crippen molar-refractivity contribution in [3.8, 4) is 0 Å². The smallest absolute Gasteiger partial charge is 0.310 e. The highest BCUT2D eigenvalue weighted by Crippen LogP contribution is 2.10. The summed E-state index contributed by atoms with van der Waals surface area (Å²) in [5.41, 5.74) is 0. The van der Waals surface area contributed by atoms with Gasteiger partial charge in [-0.25, -0.2) is 0 Å². The first-order chi connectivity index (χ1) is 10.1. The molecule has 0 aromatic carbocycles. The molecule has 21 heavy (non-hydrogen) atoms. The average Bonchev–Trinajstić information content (AvgIpc) is 2.46. The van der Waals surface area contributed by atoms with Gasteiger partial charge in [0.2, 0.25) is 5.91 Å². The van der Waals surface area contributed by atoms with Gasteiger partial charge in [0.05, 0.1) is 12.5 Å². The summed E-state index contributed by atoms with van der Waals surface area (Å²) in [6.45, 7) is 2.20. The number of aliphatic hydroxyl groups is 1. The van der Waals surface area contributed by atoms with E-state index in [0.717, 1.165) is 12.8 Å². The van der Waals surface area contributed by atoms with E-state index in [-0.39, 0.29) is 25.5 Å². The van der Waals surface area contributed by atoms with Gasteiger partial charge in [-0.05, 0) is 12.8 Å². The van der Waals surface area contributed by atoms with Gasteiger partial charge in [-0.15, -0.1) is 0 Å². The molecule has 1 unspecified atom stereocenters. The van der Waals surface area contributed by atoms with Crippen molar-refractivity contribution in [1.29, 1.82) is 0 Å². The number of rotatable bonds is 13. The molecule has 1 atom stereocenters. The highest BCUT2D eigenvalue weighted by molar-refractivity contribution is 5.83. The zero-order valence-electron chi connectivity index (χ0n) is 13.0. The van der Waals surface area contributed by atoms with Gasteiger partial charge in [-0.1, -0.05) is 51.2 Å². The van der Waals surface area contributed by atoms with Crippen LogP contribution in [-0.2, 0) is 9.59 Å². The van der Waals surface area contributed by atoms with Crippen LogP contribution >= 0.6 is 0 Å². The molecule has 0 aromatic rings. The van der Waals surface area contributed by atoms with E-state index in [0.29, 0.717) is 0 Å². The maximum Gasteiger partial charge on any atom is 0.310 e. The number of allylic oxidation sites excluding steroid dienone is 1. The summed E-state index contributed by atoms with van der Waals surface area (Å²) in [6, 6.07) is 0. The number of hydrogen-bond acceptors (Lipinski definition) is 3. The number of carbonyl (C=O) groups excluding carboxylic acids is 1. The molecule has 0 aliphatic rings. The Kier molecular flexibility index (Phi) is 12.7. The van der Waals surface area contributed by atoms with E-state index >= 15 is 0 Å². The summed E-state index contributed by atoms with van der Waals surface area (Å²) in [4.78, 5) is 22.5. The fourth-order valence-electron chi connectivity index (χ4n) is 2.01. The Balaban J connectivity index is 3.89. The SMILES string of the molecule is CCCCCCCCC=CC(CC(=O)NCCO)C(=O)O.